The number of aliphatic imine (C=N–C) groups is 1. The van der Waals surface area contributed by atoms with Crippen LogP contribution in [0.1, 0.15) is 5.56 Å². The van der Waals surface area contributed by atoms with Crippen LogP contribution in [0.4, 0.5) is 15.3 Å². The number of benzene rings is 1. The van der Waals surface area contributed by atoms with Crippen LogP contribution in [0.25, 0.3) is 0 Å². The highest BCUT2D eigenvalue weighted by molar-refractivity contribution is 8.14. The van der Waals surface area contributed by atoms with E-state index in [1.807, 2.05) is 12.1 Å². The molecule has 0 radical (unpaired) electrons. The van der Waals surface area contributed by atoms with Gasteiger partial charge in [-0.3, -0.25) is 10.3 Å². The van der Waals surface area contributed by atoms with Crippen molar-refractivity contribution in [2.24, 2.45) is 16.5 Å². The molecular formula is C18H22N6O2S. The Bertz CT molecular complexity index is 803. The number of nitrogens with one attached hydrogen (secondary N) is 3. The molecule has 0 spiro atoms. The maximum atomic E-state index is 12.1. The fourth-order valence-electron chi connectivity index (χ4n) is 2.36. The Labute approximate surface area is 161 Å². The standard InChI is InChI=1S/C18H22N6O2S/c1-2-4-13(7-8-19)15-11-27-18(23-15)24-17(26)21-10-12-5-3-6-14(9-12)22-16(20)25/h2-9,15H,1,10-11,19H2,(H3,20,22,25)(H2,21,23,24,26)/b8-7-,13-4+. The summed E-state index contributed by atoms with van der Waals surface area (Å²) in [6, 6.07) is 5.95. The quantitative estimate of drug-likeness (QED) is 0.478. The van der Waals surface area contributed by atoms with Crippen LogP contribution in [-0.2, 0) is 6.54 Å². The molecule has 1 aliphatic heterocycles. The molecule has 0 saturated carbocycles. The van der Waals surface area contributed by atoms with Crippen molar-refractivity contribution < 1.29 is 9.59 Å². The first-order chi connectivity index (χ1) is 13.0. The maximum absolute atomic E-state index is 12.1. The van der Waals surface area contributed by atoms with Gasteiger partial charge in [0.25, 0.3) is 0 Å². The van der Waals surface area contributed by atoms with Crippen molar-refractivity contribution >= 4 is 34.7 Å². The molecule has 27 heavy (non-hydrogen) atoms. The Kier molecular flexibility index (Phi) is 7.50. The maximum Gasteiger partial charge on any atom is 0.321 e. The van der Waals surface area contributed by atoms with Crippen LogP contribution in [0, 0.1) is 0 Å². The number of hydrogen-bond acceptors (Lipinski definition) is 5. The number of hydrogen-bond donors (Lipinski definition) is 5. The van der Waals surface area contributed by atoms with Gasteiger partial charge in [0.2, 0.25) is 0 Å². The number of carbonyl (C=O) groups excluding carboxylic acids is 2. The van der Waals surface area contributed by atoms with E-state index >= 15 is 0 Å². The molecule has 1 unspecified atom stereocenters. The molecule has 0 bridgehead atoms. The zero-order valence-electron chi connectivity index (χ0n) is 14.6. The van der Waals surface area contributed by atoms with E-state index in [4.69, 9.17) is 11.5 Å². The van der Waals surface area contributed by atoms with Gasteiger partial charge in [0.15, 0.2) is 5.17 Å². The third-order valence-corrected chi connectivity index (χ3v) is 4.47. The Balaban J connectivity index is 1.89. The molecule has 1 heterocycles. The third kappa shape index (κ3) is 6.55. The van der Waals surface area contributed by atoms with Gasteiger partial charge in [-0.05, 0) is 35.5 Å². The summed E-state index contributed by atoms with van der Waals surface area (Å²) in [5.41, 5.74) is 12.9. The largest absolute Gasteiger partial charge is 0.405 e. The molecule has 1 atom stereocenters. The molecule has 7 N–H and O–H groups in total. The van der Waals surface area contributed by atoms with E-state index in [0.717, 1.165) is 11.1 Å². The number of rotatable bonds is 6. The van der Waals surface area contributed by atoms with Gasteiger partial charge in [-0.25, -0.2) is 9.59 Å². The summed E-state index contributed by atoms with van der Waals surface area (Å²) in [6.45, 7) is 3.97. The minimum absolute atomic E-state index is 0.0837. The monoisotopic (exact) mass is 386 g/mol. The number of amides is 4. The number of urea groups is 2. The van der Waals surface area contributed by atoms with E-state index in [0.29, 0.717) is 23.2 Å². The predicted molar refractivity (Wildman–Crippen MR) is 110 cm³/mol. The Hall–Kier alpha value is -3.20. The van der Waals surface area contributed by atoms with Crippen LogP contribution in [0.5, 0.6) is 0 Å². The average molecular weight is 386 g/mol. The Morgan fingerprint density at radius 1 is 1.37 bits per heavy atom. The lowest BCUT2D eigenvalue weighted by atomic mass is 10.1. The number of nitrogens with zero attached hydrogens (tertiary/aromatic N) is 1. The first-order valence-corrected chi connectivity index (χ1v) is 9.12. The molecule has 2 rings (SSSR count). The van der Waals surface area contributed by atoms with E-state index in [1.165, 1.54) is 18.0 Å². The van der Waals surface area contributed by atoms with Crippen molar-refractivity contribution in [2.45, 2.75) is 12.6 Å². The van der Waals surface area contributed by atoms with Crippen LogP contribution < -0.4 is 27.4 Å². The van der Waals surface area contributed by atoms with Crippen molar-refractivity contribution in [1.82, 2.24) is 10.6 Å². The minimum Gasteiger partial charge on any atom is -0.405 e. The molecule has 0 aromatic heterocycles. The number of anilines is 1. The zero-order valence-corrected chi connectivity index (χ0v) is 15.5. The molecule has 0 saturated heterocycles. The van der Waals surface area contributed by atoms with Gasteiger partial charge in [0.1, 0.15) is 0 Å². The van der Waals surface area contributed by atoms with Gasteiger partial charge in [-0.1, -0.05) is 42.6 Å². The molecule has 0 aliphatic carbocycles. The van der Waals surface area contributed by atoms with Crippen molar-refractivity contribution in [2.75, 3.05) is 11.1 Å². The Morgan fingerprint density at radius 2 is 2.19 bits per heavy atom. The lowest BCUT2D eigenvalue weighted by Crippen LogP contribution is -2.37. The van der Waals surface area contributed by atoms with E-state index in [2.05, 4.69) is 27.5 Å². The van der Waals surface area contributed by atoms with Gasteiger partial charge in [-0.2, -0.15) is 0 Å². The summed E-state index contributed by atoms with van der Waals surface area (Å²) in [7, 11) is 0. The number of primary amides is 1. The van der Waals surface area contributed by atoms with Crippen molar-refractivity contribution in [3.05, 3.63) is 66.4 Å². The molecule has 4 amide bonds. The second kappa shape index (κ2) is 10.1. The van der Waals surface area contributed by atoms with Gasteiger partial charge in [0, 0.05) is 18.0 Å². The number of amidine groups is 1. The topological polar surface area (TPSA) is 135 Å². The smallest absolute Gasteiger partial charge is 0.321 e. The van der Waals surface area contributed by atoms with Gasteiger partial charge < -0.3 is 22.1 Å². The number of nitrogens with two attached hydrogens (primary N) is 2. The summed E-state index contributed by atoms with van der Waals surface area (Å²) in [4.78, 5) is 27.5. The van der Waals surface area contributed by atoms with E-state index in [-0.39, 0.29) is 12.1 Å². The van der Waals surface area contributed by atoms with E-state index < -0.39 is 6.03 Å². The lowest BCUT2D eigenvalue weighted by Gasteiger charge is -2.08. The molecule has 0 fully saturated rings. The fourth-order valence-corrected chi connectivity index (χ4v) is 3.31. The summed E-state index contributed by atoms with van der Waals surface area (Å²) >= 11 is 1.46. The molecular weight excluding hydrogens is 364 g/mol. The van der Waals surface area contributed by atoms with E-state index in [9.17, 15) is 9.59 Å². The van der Waals surface area contributed by atoms with Crippen LogP contribution in [0.3, 0.4) is 0 Å². The van der Waals surface area contributed by atoms with Crippen LogP contribution in [0.2, 0.25) is 0 Å². The third-order valence-electron chi connectivity index (χ3n) is 3.50. The molecule has 1 aromatic carbocycles. The first-order valence-electron chi connectivity index (χ1n) is 8.13. The zero-order chi connectivity index (χ0) is 19.6. The highest BCUT2D eigenvalue weighted by Crippen LogP contribution is 2.23. The lowest BCUT2D eigenvalue weighted by molar-refractivity contribution is 0.245. The van der Waals surface area contributed by atoms with Gasteiger partial charge in [-0.15, -0.1) is 0 Å². The molecule has 9 heteroatoms. The first kappa shape index (κ1) is 20.1. The Morgan fingerprint density at radius 3 is 2.89 bits per heavy atom. The average Bonchev–Trinajstić information content (AvgIpc) is 3.08. The second-order valence-electron chi connectivity index (χ2n) is 5.52. The highest BCUT2D eigenvalue weighted by Gasteiger charge is 2.21. The van der Waals surface area contributed by atoms with Gasteiger partial charge >= 0.3 is 12.1 Å². The molecule has 142 valence electrons. The SMILES string of the molecule is C=C/C=C(\C=C/N)C1CSC(NC(=O)NCc2cccc(NC(N)=O)c2)=N1. The predicted octanol–water partition coefficient (Wildman–Crippen LogP) is 2.03. The molecule has 8 nitrogen and oxygen atoms in total. The number of thioether (sulfide) groups is 1. The van der Waals surface area contributed by atoms with Crippen LogP contribution >= 0.6 is 11.8 Å². The summed E-state index contributed by atoms with van der Waals surface area (Å²) in [5, 5.41) is 8.51. The van der Waals surface area contributed by atoms with Crippen molar-refractivity contribution in [3.8, 4) is 0 Å². The number of allylic oxidation sites excluding steroid dienone is 2. The summed E-state index contributed by atoms with van der Waals surface area (Å²) < 4.78 is 0. The summed E-state index contributed by atoms with van der Waals surface area (Å²) in [5.74, 6) is 0.709. The normalized spacial score (nSPS) is 16.7. The molecule has 1 aliphatic rings. The van der Waals surface area contributed by atoms with Crippen LogP contribution in [0.15, 0.2) is 65.8 Å². The van der Waals surface area contributed by atoms with E-state index in [1.54, 1.807) is 30.4 Å². The molecule has 1 aromatic rings. The van der Waals surface area contributed by atoms with Crippen LogP contribution in [-0.4, -0.2) is 29.0 Å². The van der Waals surface area contributed by atoms with Crippen molar-refractivity contribution in [3.63, 3.8) is 0 Å². The summed E-state index contributed by atoms with van der Waals surface area (Å²) in [6.07, 6.45) is 6.74. The fraction of sp³-hybridized carbons (Fsp3) is 0.167. The van der Waals surface area contributed by atoms with Crippen molar-refractivity contribution in [1.29, 1.82) is 0 Å². The minimum atomic E-state index is -0.641. The highest BCUT2D eigenvalue weighted by atomic mass is 32.2. The second-order valence-corrected chi connectivity index (χ2v) is 6.53. The van der Waals surface area contributed by atoms with Gasteiger partial charge in [0.05, 0.1) is 6.04 Å². The number of carbonyl (C=O) groups is 2.